The van der Waals surface area contributed by atoms with Gasteiger partial charge >= 0.3 is 0 Å². The van der Waals surface area contributed by atoms with Crippen molar-refractivity contribution in [1.82, 2.24) is 24.8 Å². The van der Waals surface area contributed by atoms with Gasteiger partial charge in [0.25, 0.3) is 0 Å². The Kier molecular flexibility index (Phi) is 5.11. The first-order valence-electron chi connectivity index (χ1n) is 9.43. The van der Waals surface area contributed by atoms with Gasteiger partial charge < -0.3 is 9.32 Å². The highest BCUT2D eigenvalue weighted by Crippen LogP contribution is 2.24. The van der Waals surface area contributed by atoms with Crippen LogP contribution in [-0.4, -0.2) is 44.5 Å². The van der Waals surface area contributed by atoms with Crippen LogP contribution in [0, 0.1) is 0 Å². The molecular weight excluding hydrogens is 340 g/mol. The van der Waals surface area contributed by atoms with E-state index in [1.165, 1.54) is 11.9 Å². The van der Waals surface area contributed by atoms with E-state index in [1.54, 1.807) is 12.4 Å². The van der Waals surface area contributed by atoms with E-state index in [4.69, 9.17) is 9.40 Å². The minimum Gasteiger partial charge on any atom is -0.444 e. The van der Waals surface area contributed by atoms with Crippen molar-refractivity contribution in [2.24, 2.45) is 0 Å². The second-order valence-corrected chi connectivity index (χ2v) is 6.67. The molecule has 7 nitrogen and oxygen atoms in total. The summed E-state index contributed by atoms with van der Waals surface area (Å²) < 4.78 is 6.03. The third-order valence-corrected chi connectivity index (χ3v) is 4.93. The molecule has 27 heavy (non-hydrogen) atoms. The van der Waals surface area contributed by atoms with E-state index >= 15 is 0 Å². The summed E-state index contributed by atoms with van der Waals surface area (Å²) in [5.74, 6) is 2.64. The molecule has 0 amide bonds. The lowest BCUT2D eigenvalue weighted by molar-refractivity contribution is 0.224. The van der Waals surface area contributed by atoms with Crippen molar-refractivity contribution in [3.05, 3.63) is 54.1 Å². The third kappa shape index (κ3) is 3.83. The van der Waals surface area contributed by atoms with E-state index in [-0.39, 0.29) is 0 Å². The molecule has 4 rings (SSSR count). The van der Waals surface area contributed by atoms with Crippen LogP contribution in [-0.2, 0) is 19.5 Å². The van der Waals surface area contributed by atoms with Crippen LogP contribution < -0.4 is 4.90 Å². The van der Waals surface area contributed by atoms with Gasteiger partial charge in [-0.3, -0.25) is 4.90 Å². The number of fused-ring (bicyclic) bond motifs is 1. The fraction of sp³-hybridized carbons (Fsp3) is 0.400. The zero-order valence-corrected chi connectivity index (χ0v) is 15.8. The standard InChI is InChI=1S/C20H24N6O/c1-3-26(4-2)19-6-5-17(27-19)13-25-8-7-18-16(12-25)11-23-20(24-18)15-9-21-14-22-10-15/h5-6,9-11,14H,3-4,7-8,12-13H2,1-2H3. The highest BCUT2D eigenvalue weighted by Gasteiger charge is 2.20. The molecule has 0 unspecified atom stereocenters. The topological polar surface area (TPSA) is 71.2 Å². The molecule has 0 aromatic carbocycles. The molecule has 0 radical (unpaired) electrons. The van der Waals surface area contributed by atoms with E-state index < -0.39 is 0 Å². The summed E-state index contributed by atoms with van der Waals surface area (Å²) in [7, 11) is 0. The van der Waals surface area contributed by atoms with E-state index in [0.29, 0.717) is 5.82 Å². The largest absolute Gasteiger partial charge is 0.444 e. The van der Waals surface area contributed by atoms with Crippen LogP contribution >= 0.6 is 0 Å². The molecule has 3 aromatic heterocycles. The van der Waals surface area contributed by atoms with Gasteiger partial charge in [0.05, 0.1) is 17.8 Å². The van der Waals surface area contributed by atoms with E-state index in [2.05, 4.69) is 50.7 Å². The van der Waals surface area contributed by atoms with Crippen molar-refractivity contribution in [2.75, 3.05) is 24.5 Å². The Hall–Kier alpha value is -2.80. The first-order valence-corrected chi connectivity index (χ1v) is 9.43. The van der Waals surface area contributed by atoms with Crippen LogP contribution in [0.5, 0.6) is 0 Å². The van der Waals surface area contributed by atoms with Crippen molar-refractivity contribution in [1.29, 1.82) is 0 Å². The van der Waals surface area contributed by atoms with E-state index in [9.17, 15) is 0 Å². The SMILES string of the molecule is CCN(CC)c1ccc(CN2CCc3nc(-c4cncnc4)ncc3C2)o1. The predicted molar refractivity (Wildman–Crippen MR) is 103 cm³/mol. The lowest BCUT2D eigenvalue weighted by Gasteiger charge is -2.27. The zero-order chi connectivity index (χ0) is 18.6. The van der Waals surface area contributed by atoms with Crippen LogP contribution in [0.3, 0.4) is 0 Å². The van der Waals surface area contributed by atoms with Gasteiger partial charge in [0.1, 0.15) is 12.1 Å². The van der Waals surface area contributed by atoms with Crippen LogP contribution in [0.4, 0.5) is 5.88 Å². The summed E-state index contributed by atoms with van der Waals surface area (Å²) in [6, 6.07) is 4.15. The summed E-state index contributed by atoms with van der Waals surface area (Å²) in [5, 5.41) is 0. The average Bonchev–Trinajstić information content (AvgIpc) is 3.17. The summed E-state index contributed by atoms with van der Waals surface area (Å²) in [4.78, 5) is 21.9. The number of rotatable bonds is 6. The summed E-state index contributed by atoms with van der Waals surface area (Å²) in [5.41, 5.74) is 3.14. The summed E-state index contributed by atoms with van der Waals surface area (Å²) >= 11 is 0. The molecule has 0 atom stereocenters. The lowest BCUT2D eigenvalue weighted by Crippen LogP contribution is -2.30. The fourth-order valence-electron chi connectivity index (χ4n) is 3.44. The fourth-order valence-corrected chi connectivity index (χ4v) is 3.44. The van der Waals surface area contributed by atoms with Gasteiger partial charge in [0.2, 0.25) is 0 Å². The molecule has 0 saturated carbocycles. The maximum Gasteiger partial charge on any atom is 0.195 e. The highest BCUT2D eigenvalue weighted by molar-refractivity contribution is 5.52. The first kappa shape index (κ1) is 17.6. The molecule has 1 aliphatic rings. The number of hydrogen-bond acceptors (Lipinski definition) is 7. The smallest absolute Gasteiger partial charge is 0.195 e. The van der Waals surface area contributed by atoms with Crippen LogP contribution in [0.25, 0.3) is 11.4 Å². The molecule has 0 N–H and O–H groups in total. The average molecular weight is 364 g/mol. The zero-order valence-electron chi connectivity index (χ0n) is 15.8. The summed E-state index contributed by atoms with van der Waals surface area (Å²) in [6.07, 6.45) is 7.84. The van der Waals surface area contributed by atoms with Gasteiger partial charge in [-0.15, -0.1) is 0 Å². The molecule has 1 aliphatic heterocycles. The van der Waals surface area contributed by atoms with E-state index in [1.807, 2.05) is 6.20 Å². The Morgan fingerprint density at radius 1 is 1.11 bits per heavy atom. The Morgan fingerprint density at radius 3 is 2.70 bits per heavy atom. The number of aromatic nitrogens is 4. The Balaban J connectivity index is 1.44. The monoisotopic (exact) mass is 364 g/mol. The Morgan fingerprint density at radius 2 is 1.93 bits per heavy atom. The first-order chi connectivity index (χ1) is 13.3. The van der Waals surface area contributed by atoms with Crippen molar-refractivity contribution < 1.29 is 4.42 Å². The number of hydrogen-bond donors (Lipinski definition) is 0. The van der Waals surface area contributed by atoms with Gasteiger partial charge in [-0.1, -0.05) is 0 Å². The van der Waals surface area contributed by atoms with Gasteiger partial charge in [0.15, 0.2) is 11.7 Å². The Bertz CT molecular complexity index is 890. The van der Waals surface area contributed by atoms with Crippen LogP contribution in [0.15, 0.2) is 41.5 Å². The second-order valence-electron chi connectivity index (χ2n) is 6.67. The van der Waals surface area contributed by atoms with Crippen molar-refractivity contribution in [3.8, 4) is 11.4 Å². The maximum absolute atomic E-state index is 6.03. The molecular formula is C20H24N6O. The lowest BCUT2D eigenvalue weighted by atomic mass is 10.1. The molecule has 3 aromatic rings. The second kappa shape index (κ2) is 7.84. The minimum atomic E-state index is 0.692. The summed E-state index contributed by atoms with van der Waals surface area (Å²) in [6.45, 7) is 8.78. The highest BCUT2D eigenvalue weighted by atomic mass is 16.4. The molecule has 0 bridgehead atoms. The Labute approximate surface area is 159 Å². The van der Waals surface area contributed by atoms with Crippen LogP contribution in [0.2, 0.25) is 0 Å². The molecule has 7 heteroatoms. The molecule has 4 heterocycles. The van der Waals surface area contributed by atoms with Gasteiger partial charge in [0, 0.05) is 62.8 Å². The number of nitrogens with zero attached hydrogens (tertiary/aromatic N) is 6. The van der Waals surface area contributed by atoms with Gasteiger partial charge in [-0.25, -0.2) is 19.9 Å². The third-order valence-electron chi connectivity index (χ3n) is 4.93. The molecule has 0 aliphatic carbocycles. The normalized spacial score (nSPS) is 14.1. The minimum absolute atomic E-state index is 0.692. The number of anilines is 1. The molecule has 140 valence electrons. The molecule has 0 fully saturated rings. The van der Waals surface area contributed by atoms with Crippen molar-refractivity contribution in [3.63, 3.8) is 0 Å². The predicted octanol–water partition coefficient (Wildman–Crippen LogP) is 2.93. The van der Waals surface area contributed by atoms with Gasteiger partial charge in [-0.2, -0.15) is 0 Å². The van der Waals surface area contributed by atoms with E-state index in [0.717, 1.165) is 62.0 Å². The van der Waals surface area contributed by atoms with Crippen LogP contribution in [0.1, 0.15) is 30.9 Å². The quantitative estimate of drug-likeness (QED) is 0.666. The molecule has 0 saturated heterocycles. The maximum atomic E-state index is 6.03. The van der Waals surface area contributed by atoms with Gasteiger partial charge in [-0.05, 0) is 19.9 Å². The van der Waals surface area contributed by atoms with Crippen molar-refractivity contribution in [2.45, 2.75) is 33.4 Å². The molecule has 0 spiro atoms. The van der Waals surface area contributed by atoms with Crippen molar-refractivity contribution >= 4 is 5.88 Å². The number of furan rings is 1.